The predicted molar refractivity (Wildman–Crippen MR) is 82.7 cm³/mol. The molecule has 2 heteroatoms. The van der Waals surface area contributed by atoms with E-state index in [-0.39, 0.29) is 0 Å². The third-order valence-corrected chi connectivity index (χ3v) is 3.49. The second-order valence-corrected chi connectivity index (χ2v) is 5.22. The van der Waals surface area contributed by atoms with Crippen molar-refractivity contribution in [2.24, 2.45) is 0 Å². The Bertz CT molecular complexity index is 639. The summed E-state index contributed by atoms with van der Waals surface area (Å²) in [5, 5.41) is 4.68. The summed E-state index contributed by atoms with van der Waals surface area (Å²) in [6.07, 6.45) is 1.03. The summed E-state index contributed by atoms with van der Waals surface area (Å²) >= 11 is 0. The Morgan fingerprint density at radius 1 is 1.00 bits per heavy atom. The molecule has 1 aromatic heterocycles. The van der Waals surface area contributed by atoms with Crippen LogP contribution < -0.4 is 5.32 Å². The van der Waals surface area contributed by atoms with E-state index in [1.165, 1.54) is 10.9 Å². The molecular weight excluding hydrogens is 246 g/mol. The van der Waals surface area contributed by atoms with Crippen molar-refractivity contribution in [1.29, 1.82) is 0 Å². The minimum atomic E-state index is 0.422. The number of benzene rings is 2. The highest BCUT2D eigenvalue weighted by Gasteiger charge is 2.06. The molecule has 1 unspecified atom stereocenters. The summed E-state index contributed by atoms with van der Waals surface area (Å²) in [6.45, 7) is 2.97. The number of hydrogen-bond acceptors (Lipinski definition) is 2. The molecule has 1 atom stereocenters. The van der Waals surface area contributed by atoms with Crippen LogP contribution in [0.4, 0.5) is 0 Å². The van der Waals surface area contributed by atoms with Crippen LogP contribution in [0, 0.1) is 0 Å². The first-order valence-corrected chi connectivity index (χ1v) is 7.06. The number of para-hydroxylation sites is 1. The van der Waals surface area contributed by atoms with Gasteiger partial charge in [0.05, 0.1) is 6.54 Å². The predicted octanol–water partition coefficient (Wildman–Crippen LogP) is 4.15. The maximum atomic E-state index is 5.81. The summed E-state index contributed by atoms with van der Waals surface area (Å²) in [7, 11) is 0. The zero-order valence-electron chi connectivity index (χ0n) is 11.7. The fourth-order valence-corrected chi connectivity index (χ4v) is 2.44. The summed E-state index contributed by atoms with van der Waals surface area (Å²) in [6, 6.07) is 21.2. The topological polar surface area (TPSA) is 25.2 Å². The van der Waals surface area contributed by atoms with Crippen LogP contribution in [-0.4, -0.2) is 6.04 Å². The molecule has 0 aliphatic rings. The van der Waals surface area contributed by atoms with Crippen LogP contribution in [0.25, 0.3) is 11.0 Å². The summed E-state index contributed by atoms with van der Waals surface area (Å²) in [4.78, 5) is 0. The van der Waals surface area contributed by atoms with Gasteiger partial charge >= 0.3 is 0 Å². The van der Waals surface area contributed by atoms with Gasteiger partial charge in [-0.2, -0.15) is 0 Å². The summed E-state index contributed by atoms with van der Waals surface area (Å²) in [5.41, 5.74) is 2.32. The molecule has 0 saturated heterocycles. The normalized spacial score (nSPS) is 12.7. The lowest BCUT2D eigenvalue weighted by molar-refractivity contribution is 0.473. The van der Waals surface area contributed by atoms with Crippen LogP contribution >= 0.6 is 0 Å². The molecule has 3 rings (SSSR count). The van der Waals surface area contributed by atoms with Gasteiger partial charge in [0.15, 0.2) is 0 Å². The lowest BCUT2D eigenvalue weighted by Gasteiger charge is -2.12. The van der Waals surface area contributed by atoms with E-state index >= 15 is 0 Å². The maximum Gasteiger partial charge on any atom is 0.134 e. The number of hydrogen-bond donors (Lipinski definition) is 1. The fraction of sp³-hybridized carbons (Fsp3) is 0.222. The van der Waals surface area contributed by atoms with Crippen LogP contribution in [-0.2, 0) is 13.0 Å². The number of furan rings is 1. The second-order valence-electron chi connectivity index (χ2n) is 5.22. The van der Waals surface area contributed by atoms with E-state index in [0.29, 0.717) is 6.04 Å². The van der Waals surface area contributed by atoms with Crippen LogP contribution in [0.15, 0.2) is 65.1 Å². The summed E-state index contributed by atoms with van der Waals surface area (Å²) in [5.74, 6) is 0.992. The lowest BCUT2D eigenvalue weighted by atomic mass is 10.1. The Labute approximate surface area is 119 Å². The molecule has 20 heavy (non-hydrogen) atoms. The summed E-state index contributed by atoms with van der Waals surface area (Å²) < 4.78 is 5.81. The first-order chi connectivity index (χ1) is 9.81. The molecule has 1 heterocycles. The first-order valence-electron chi connectivity index (χ1n) is 7.06. The van der Waals surface area contributed by atoms with E-state index in [2.05, 4.69) is 54.7 Å². The molecule has 1 N–H and O–H groups in total. The average Bonchev–Trinajstić information content (AvgIpc) is 2.89. The third-order valence-electron chi connectivity index (χ3n) is 3.49. The van der Waals surface area contributed by atoms with Crippen LogP contribution in [0.1, 0.15) is 18.2 Å². The highest BCUT2D eigenvalue weighted by molar-refractivity contribution is 5.77. The number of nitrogens with one attached hydrogen (secondary N) is 1. The van der Waals surface area contributed by atoms with Gasteiger partial charge in [-0.05, 0) is 31.0 Å². The van der Waals surface area contributed by atoms with Crippen molar-refractivity contribution in [3.8, 4) is 0 Å². The van der Waals surface area contributed by atoms with Gasteiger partial charge in [-0.1, -0.05) is 48.5 Å². The largest absolute Gasteiger partial charge is 0.460 e. The van der Waals surface area contributed by atoms with E-state index in [0.717, 1.165) is 24.3 Å². The molecule has 0 aliphatic heterocycles. The zero-order chi connectivity index (χ0) is 13.8. The Morgan fingerprint density at radius 3 is 2.55 bits per heavy atom. The molecular formula is C18H19NO. The van der Waals surface area contributed by atoms with E-state index in [1.807, 2.05) is 18.2 Å². The highest BCUT2D eigenvalue weighted by Crippen LogP contribution is 2.18. The Balaban J connectivity index is 1.58. The molecule has 0 radical (unpaired) electrons. The van der Waals surface area contributed by atoms with Crippen molar-refractivity contribution in [2.75, 3.05) is 0 Å². The van der Waals surface area contributed by atoms with Crippen molar-refractivity contribution >= 4 is 11.0 Å². The molecule has 0 amide bonds. The van der Waals surface area contributed by atoms with E-state index in [4.69, 9.17) is 4.42 Å². The molecule has 0 saturated carbocycles. The lowest BCUT2D eigenvalue weighted by Crippen LogP contribution is -2.27. The molecule has 102 valence electrons. The van der Waals surface area contributed by atoms with Gasteiger partial charge in [-0.3, -0.25) is 0 Å². The van der Waals surface area contributed by atoms with Gasteiger partial charge < -0.3 is 9.73 Å². The average molecular weight is 265 g/mol. The van der Waals surface area contributed by atoms with Crippen LogP contribution in [0.3, 0.4) is 0 Å². The molecule has 2 aromatic carbocycles. The molecule has 0 spiro atoms. The molecule has 0 fully saturated rings. The van der Waals surface area contributed by atoms with Crippen LogP contribution in [0.5, 0.6) is 0 Å². The Hall–Kier alpha value is -2.06. The maximum absolute atomic E-state index is 5.81. The van der Waals surface area contributed by atoms with Gasteiger partial charge in [-0.15, -0.1) is 0 Å². The number of rotatable bonds is 5. The van der Waals surface area contributed by atoms with Gasteiger partial charge in [0.25, 0.3) is 0 Å². The van der Waals surface area contributed by atoms with Crippen molar-refractivity contribution in [1.82, 2.24) is 5.32 Å². The molecule has 0 bridgehead atoms. The van der Waals surface area contributed by atoms with Crippen molar-refractivity contribution in [3.05, 3.63) is 72.0 Å². The zero-order valence-corrected chi connectivity index (χ0v) is 11.7. The van der Waals surface area contributed by atoms with E-state index in [9.17, 15) is 0 Å². The molecule has 0 aliphatic carbocycles. The number of fused-ring (bicyclic) bond motifs is 1. The van der Waals surface area contributed by atoms with Gasteiger partial charge in [0, 0.05) is 11.4 Å². The highest BCUT2D eigenvalue weighted by atomic mass is 16.3. The van der Waals surface area contributed by atoms with Gasteiger partial charge in [-0.25, -0.2) is 0 Å². The third kappa shape index (κ3) is 3.09. The Morgan fingerprint density at radius 2 is 1.75 bits per heavy atom. The molecule has 3 aromatic rings. The molecule has 2 nitrogen and oxygen atoms in total. The monoisotopic (exact) mass is 265 g/mol. The van der Waals surface area contributed by atoms with Crippen molar-refractivity contribution in [2.45, 2.75) is 25.9 Å². The van der Waals surface area contributed by atoms with E-state index < -0.39 is 0 Å². The first kappa shape index (κ1) is 12.9. The van der Waals surface area contributed by atoms with Crippen LogP contribution in [0.2, 0.25) is 0 Å². The Kier molecular flexibility index (Phi) is 3.84. The van der Waals surface area contributed by atoms with E-state index in [1.54, 1.807) is 0 Å². The minimum Gasteiger partial charge on any atom is -0.460 e. The SMILES string of the molecule is CC(Cc1ccccc1)NCc1cc2ccccc2o1. The van der Waals surface area contributed by atoms with Crippen molar-refractivity contribution < 1.29 is 4.42 Å². The smallest absolute Gasteiger partial charge is 0.134 e. The van der Waals surface area contributed by atoms with Gasteiger partial charge in [0.1, 0.15) is 11.3 Å². The quantitative estimate of drug-likeness (QED) is 0.749. The standard InChI is InChI=1S/C18H19NO/c1-14(11-15-7-3-2-4-8-15)19-13-17-12-16-9-5-6-10-18(16)20-17/h2-10,12,14,19H,11,13H2,1H3. The minimum absolute atomic E-state index is 0.422. The fourth-order valence-electron chi connectivity index (χ4n) is 2.44. The van der Waals surface area contributed by atoms with Gasteiger partial charge in [0.2, 0.25) is 0 Å². The second kappa shape index (κ2) is 5.93. The van der Waals surface area contributed by atoms with Crippen molar-refractivity contribution in [3.63, 3.8) is 0 Å².